The lowest BCUT2D eigenvalue weighted by atomic mass is 10.2. The Morgan fingerprint density at radius 1 is 1.09 bits per heavy atom. The summed E-state index contributed by atoms with van der Waals surface area (Å²) in [5, 5.41) is 2.72. The lowest BCUT2D eigenvalue weighted by Crippen LogP contribution is -2.40. The Balaban J connectivity index is 1.46. The highest BCUT2D eigenvalue weighted by Crippen LogP contribution is 2.32. The number of aryl methyl sites for hydroxylation is 1. The number of nitrogens with one attached hydrogen (secondary N) is 2. The summed E-state index contributed by atoms with van der Waals surface area (Å²) in [6.45, 7) is 1.75. The van der Waals surface area contributed by atoms with Crippen molar-refractivity contribution >= 4 is 38.9 Å². The molecule has 182 valence electrons. The van der Waals surface area contributed by atoms with Crippen LogP contribution in [0.15, 0.2) is 71.6 Å². The first-order chi connectivity index (χ1) is 16.8. The van der Waals surface area contributed by atoms with Gasteiger partial charge in [-0.2, -0.15) is 0 Å². The Hall–Kier alpha value is -4.05. The molecule has 0 atom stereocenters. The highest BCUT2D eigenvalue weighted by atomic mass is 32.2. The molecule has 35 heavy (non-hydrogen) atoms. The number of anilines is 3. The fraction of sp³-hybridized carbons (Fsp3) is 0.200. The van der Waals surface area contributed by atoms with E-state index < -0.39 is 10.0 Å². The molecule has 3 aromatic carbocycles. The Bertz CT molecular complexity index is 1370. The van der Waals surface area contributed by atoms with Gasteiger partial charge < -0.3 is 19.7 Å². The van der Waals surface area contributed by atoms with Gasteiger partial charge in [0.15, 0.2) is 6.61 Å². The molecule has 0 saturated heterocycles. The number of para-hydroxylation sites is 4. The lowest BCUT2D eigenvalue weighted by Gasteiger charge is -2.29. The highest BCUT2D eigenvalue weighted by Gasteiger charge is 2.25. The molecule has 0 aliphatic carbocycles. The number of hydrogen-bond acceptors (Lipinski definition) is 6. The molecule has 1 heterocycles. The maximum absolute atomic E-state index is 13.1. The smallest absolute Gasteiger partial charge is 0.265 e. The average molecular weight is 496 g/mol. The fourth-order valence-corrected chi connectivity index (χ4v) is 5.07. The summed E-state index contributed by atoms with van der Waals surface area (Å²) in [5.41, 5.74) is 1.76. The van der Waals surface area contributed by atoms with Gasteiger partial charge in [-0.05, 0) is 48.9 Å². The number of nitrogens with zero attached hydrogens (tertiary/aromatic N) is 1. The number of carbonyl (C=O) groups is 2. The van der Waals surface area contributed by atoms with E-state index in [1.165, 1.54) is 18.1 Å². The van der Waals surface area contributed by atoms with Crippen LogP contribution in [0, 0.1) is 6.92 Å². The summed E-state index contributed by atoms with van der Waals surface area (Å²) in [7, 11) is -2.50. The van der Waals surface area contributed by atoms with Gasteiger partial charge in [-0.25, -0.2) is 8.42 Å². The molecule has 2 amide bonds. The maximum Gasteiger partial charge on any atom is 0.265 e. The van der Waals surface area contributed by atoms with Gasteiger partial charge in [0.25, 0.3) is 15.9 Å². The van der Waals surface area contributed by atoms with Gasteiger partial charge in [0.05, 0.1) is 23.4 Å². The van der Waals surface area contributed by atoms with E-state index >= 15 is 0 Å². The van der Waals surface area contributed by atoms with Gasteiger partial charge in [-0.15, -0.1) is 0 Å². The molecule has 9 nitrogen and oxygen atoms in total. The van der Waals surface area contributed by atoms with Crippen LogP contribution in [0.3, 0.4) is 0 Å². The van der Waals surface area contributed by atoms with Crippen LogP contribution in [0.1, 0.15) is 12.0 Å². The van der Waals surface area contributed by atoms with Gasteiger partial charge in [0.2, 0.25) is 5.91 Å². The summed E-state index contributed by atoms with van der Waals surface area (Å²) >= 11 is 0. The van der Waals surface area contributed by atoms with Crippen molar-refractivity contribution in [3.8, 4) is 11.5 Å². The van der Waals surface area contributed by atoms with Gasteiger partial charge in [-0.3, -0.25) is 14.3 Å². The van der Waals surface area contributed by atoms with Crippen LogP contribution in [0.2, 0.25) is 0 Å². The molecular weight excluding hydrogens is 470 g/mol. The minimum absolute atomic E-state index is 0.0233. The number of ether oxygens (including phenoxy) is 2. The quantitative estimate of drug-likeness (QED) is 0.494. The van der Waals surface area contributed by atoms with Gasteiger partial charge in [-0.1, -0.05) is 30.3 Å². The SMILES string of the molecule is COc1ccccc1NS(=O)(=O)c1cc(NC(=O)CCN2C(=O)COc3ccccc32)ccc1C. The Morgan fingerprint density at radius 3 is 2.63 bits per heavy atom. The fourth-order valence-electron chi connectivity index (χ4n) is 3.73. The molecule has 4 rings (SSSR count). The summed E-state index contributed by atoms with van der Waals surface area (Å²) in [4.78, 5) is 26.5. The molecule has 10 heteroatoms. The maximum atomic E-state index is 13.1. The average Bonchev–Trinajstić information content (AvgIpc) is 2.84. The van der Waals surface area contributed by atoms with E-state index in [0.717, 1.165) is 0 Å². The number of hydrogen-bond donors (Lipinski definition) is 2. The molecule has 0 saturated carbocycles. The molecule has 3 aromatic rings. The monoisotopic (exact) mass is 495 g/mol. The number of sulfonamides is 1. The summed E-state index contributed by atoms with van der Waals surface area (Å²) in [6, 6.07) is 18.5. The summed E-state index contributed by atoms with van der Waals surface area (Å²) in [6.07, 6.45) is 0.0233. The molecule has 0 radical (unpaired) electrons. The van der Waals surface area contributed by atoms with Crippen LogP contribution in [0.25, 0.3) is 0 Å². The van der Waals surface area contributed by atoms with E-state index in [0.29, 0.717) is 34.1 Å². The van der Waals surface area contributed by atoms with Crippen molar-refractivity contribution in [3.63, 3.8) is 0 Å². The van der Waals surface area contributed by atoms with Crippen LogP contribution in [0.4, 0.5) is 17.1 Å². The first-order valence-corrected chi connectivity index (χ1v) is 12.4. The third kappa shape index (κ3) is 5.38. The first-order valence-electron chi connectivity index (χ1n) is 10.9. The number of carbonyl (C=O) groups excluding carboxylic acids is 2. The molecule has 0 bridgehead atoms. The van der Waals surface area contributed by atoms with Crippen LogP contribution in [0.5, 0.6) is 11.5 Å². The second kappa shape index (κ2) is 10.1. The zero-order valence-corrected chi connectivity index (χ0v) is 20.1. The number of amides is 2. The third-order valence-corrected chi connectivity index (χ3v) is 6.99. The van der Waals surface area contributed by atoms with Gasteiger partial charge in [0, 0.05) is 18.7 Å². The molecule has 1 aliphatic rings. The van der Waals surface area contributed by atoms with Crippen LogP contribution < -0.4 is 24.4 Å². The van der Waals surface area contributed by atoms with Crippen molar-refractivity contribution in [2.75, 3.05) is 35.2 Å². The standard InChI is InChI=1S/C25H25N3O6S/c1-17-11-12-18(15-23(17)35(31,32)27-19-7-3-5-9-21(19)33-2)26-24(29)13-14-28-20-8-4-6-10-22(20)34-16-25(28)30/h3-12,15,27H,13-14,16H2,1-2H3,(H,26,29). The molecular formula is C25H25N3O6S. The number of methoxy groups -OCH3 is 1. The first kappa shape index (κ1) is 24.1. The second-order valence-corrected chi connectivity index (χ2v) is 9.54. The van der Waals surface area contributed by atoms with Crippen molar-refractivity contribution in [3.05, 3.63) is 72.3 Å². The molecule has 0 unspecified atom stereocenters. The predicted molar refractivity (Wildman–Crippen MR) is 133 cm³/mol. The molecule has 0 aromatic heterocycles. The topological polar surface area (TPSA) is 114 Å². The van der Waals surface area contributed by atoms with Crippen LogP contribution in [-0.2, 0) is 19.6 Å². The third-order valence-electron chi connectivity index (χ3n) is 5.48. The largest absolute Gasteiger partial charge is 0.495 e. The van der Waals surface area contributed by atoms with Crippen molar-refractivity contribution in [1.82, 2.24) is 0 Å². The Labute approximate surface area is 203 Å². The van der Waals surface area contributed by atoms with Crippen molar-refractivity contribution in [2.45, 2.75) is 18.2 Å². The van der Waals surface area contributed by atoms with Crippen molar-refractivity contribution < 1.29 is 27.5 Å². The highest BCUT2D eigenvalue weighted by molar-refractivity contribution is 7.92. The Kier molecular flexibility index (Phi) is 6.92. The van der Waals surface area contributed by atoms with E-state index in [4.69, 9.17) is 9.47 Å². The van der Waals surface area contributed by atoms with Crippen LogP contribution in [-0.4, -0.2) is 40.5 Å². The lowest BCUT2D eigenvalue weighted by molar-refractivity contribution is -0.121. The Morgan fingerprint density at radius 2 is 1.83 bits per heavy atom. The van der Waals surface area contributed by atoms with Crippen molar-refractivity contribution in [1.29, 1.82) is 0 Å². The van der Waals surface area contributed by atoms with Crippen molar-refractivity contribution in [2.24, 2.45) is 0 Å². The van der Waals surface area contributed by atoms with E-state index in [9.17, 15) is 18.0 Å². The normalized spacial score (nSPS) is 13.0. The predicted octanol–water partition coefficient (Wildman–Crippen LogP) is 3.56. The second-order valence-electron chi connectivity index (χ2n) is 7.89. The minimum Gasteiger partial charge on any atom is -0.495 e. The van der Waals surface area contributed by atoms with Gasteiger partial charge >= 0.3 is 0 Å². The number of fused-ring (bicyclic) bond motifs is 1. The van der Waals surface area contributed by atoms with E-state index in [1.54, 1.807) is 61.5 Å². The molecule has 0 spiro atoms. The molecule has 1 aliphatic heterocycles. The minimum atomic E-state index is -3.95. The van der Waals surface area contributed by atoms with E-state index in [2.05, 4.69) is 10.0 Å². The van der Waals surface area contributed by atoms with Crippen LogP contribution >= 0.6 is 0 Å². The zero-order chi connectivity index (χ0) is 25.0. The molecule has 0 fully saturated rings. The van der Waals surface area contributed by atoms with Gasteiger partial charge in [0.1, 0.15) is 11.5 Å². The summed E-state index contributed by atoms with van der Waals surface area (Å²) < 4.78 is 39.3. The summed E-state index contributed by atoms with van der Waals surface area (Å²) in [5.74, 6) is 0.384. The zero-order valence-electron chi connectivity index (χ0n) is 19.3. The van der Waals surface area contributed by atoms with E-state index in [-0.39, 0.29) is 36.3 Å². The van der Waals surface area contributed by atoms with E-state index in [1.807, 2.05) is 6.07 Å². The number of rotatable bonds is 8. The molecule has 2 N–H and O–H groups in total. The number of benzene rings is 3.